The Bertz CT molecular complexity index is 406. The number of carboxylic acids is 1. The average molecular weight is 250 g/mol. The molecule has 1 rings (SSSR count). The molecule has 0 aliphatic heterocycles. The molecule has 1 unspecified atom stereocenters. The number of nitrogens with two attached hydrogens (primary N) is 1. The number of carbonyl (C=O) groups excluding carboxylic acids is 1. The van der Waals surface area contributed by atoms with Gasteiger partial charge in [-0.3, -0.25) is 9.59 Å². The van der Waals surface area contributed by atoms with Gasteiger partial charge in [-0.25, -0.2) is 0 Å². The van der Waals surface area contributed by atoms with Crippen molar-refractivity contribution in [2.75, 3.05) is 0 Å². The highest BCUT2D eigenvalue weighted by atomic mass is 16.4. The first-order valence-corrected chi connectivity index (χ1v) is 5.83. The molecule has 5 nitrogen and oxygen atoms in total. The van der Waals surface area contributed by atoms with Crippen molar-refractivity contribution < 1.29 is 14.7 Å². The fourth-order valence-electron chi connectivity index (χ4n) is 1.53. The highest BCUT2D eigenvalue weighted by Gasteiger charge is 2.15. The molecular formula is C13H18N2O3. The van der Waals surface area contributed by atoms with E-state index in [1.807, 2.05) is 30.3 Å². The highest BCUT2D eigenvalue weighted by Crippen LogP contribution is 2.14. The first-order chi connectivity index (χ1) is 8.50. The van der Waals surface area contributed by atoms with Crippen LogP contribution in [0.4, 0.5) is 0 Å². The van der Waals surface area contributed by atoms with Gasteiger partial charge in [0, 0.05) is 12.5 Å². The molecule has 0 fully saturated rings. The van der Waals surface area contributed by atoms with E-state index in [-0.39, 0.29) is 18.4 Å². The molecule has 1 aromatic carbocycles. The Balaban J connectivity index is 2.37. The summed E-state index contributed by atoms with van der Waals surface area (Å²) in [6.07, 6.45) is 0.704. The van der Waals surface area contributed by atoms with E-state index in [1.165, 1.54) is 6.92 Å². The predicted octanol–water partition coefficient (Wildman–Crippen LogP) is 1.06. The van der Waals surface area contributed by atoms with Crippen LogP contribution in [0.1, 0.15) is 31.4 Å². The van der Waals surface area contributed by atoms with E-state index in [2.05, 4.69) is 5.32 Å². The second kappa shape index (κ2) is 6.76. The van der Waals surface area contributed by atoms with Crippen LogP contribution in [0.2, 0.25) is 0 Å². The smallest absolute Gasteiger partial charge is 0.325 e. The number of hydrogen-bond donors (Lipinski definition) is 3. The number of benzene rings is 1. The van der Waals surface area contributed by atoms with Gasteiger partial charge in [0.05, 0.1) is 0 Å². The minimum Gasteiger partial charge on any atom is -0.480 e. The molecule has 4 N–H and O–H groups in total. The first kappa shape index (κ1) is 14.2. The van der Waals surface area contributed by atoms with Gasteiger partial charge in [-0.1, -0.05) is 30.3 Å². The van der Waals surface area contributed by atoms with Crippen molar-refractivity contribution in [2.24, 2.45) is 5.73 Å². The van der Waals surface area contributed by atoms with Crippen molar-refractivity contribution in [3.05, 3.63) is 35.9 Å². The Labute approximate surface area is 106 Å². The number of carboxylic acid groups (broad SMARTS) is 1. The van der Waals surface area contributed by atoms with Crippen molar-refractivity contribution in [3.8, 4) is 0 Å². The van der Waals surface area contributed by atoms with Gasteiger partial charge >= 0.3 is 5.97 Å². The third kappa shape index (κ3) is 4.55. The van der Waals surface area contributed by atoms with E-state index >= 15 is 0 Å². The standard InChI is InChI=1S/C13H18N2O3/c1-9(13(17)18)15-12(16)8-7-11(14)10-5-3-2-4-6-10/h2-6,9,11H,7-8,14H2,1H3,(H,15,16)(H,17,18)/t9-,11?/m1/s1. The molecule has 0 aliphatic carbocycles. The third-order valence-electron chi connectivity index (χ3n) is 2.66. The molecule has 0 saturated heterocycles. The molecule has 1 aromatic rings. The minimum atomic E-state index is -1.05. The molecule has 0 aliphatic rings. The van der Waals surface area contributed by atoms with E-state index in [4.69, 9.17) is 10.8 Å². The molecule has 0 bridgehead atoms. The van der Waals surface area contributed by atoms with Crippen LogP contribution >= 0.6 is 0 Å². The molecule has 0 spiro atoms. The maximum Gasteiger partial charge on any atom is 0.325 e. The van der Waals surface area contributed by atoms with Crippen LogP contribution in [0.5, 0.6) is 0 Å². The molecule has 98 valence electrons. The summed E-state index contributed by atoms with van der Waals surface area (Å²) < 4.78 is 0. The minimum absolute atomic E-state index is 0.211. The normalized spacial score (nSPS) is 13.7. The summed E-state index contributed by atoms with van der Waals surface area (Å²) in [6.45, 7) is 1.43. The maximum atomic E-state index is 11.5. The van der Waals surface area contributed by atoms with Crippen molar-refractivity contribution in [1.29, 1.82) is 0 Å². The summed E-state index contributed by atoms with van der Waals surface area (Å²) >= 11 is 0. The Morgan fingerprint density at radius 1 is 1.33 bits per heavy atom. The SMILES string of the molecule is C[C@@H](NC(=O)CCC(N)c1ccccc1)C(=O)O. The van der Waals surface area contributed by atoms with Gasteiger partial charge in [0.15, 0.2) is 0 Å². The van der Waals surface area contributed by atoms with Crippen LogP contribution in [-0.4, -0.2) is 23.0 Å². The van der Waals surface area contributed by atoms with Crippen molar-refractivity contribution in [2.45, 2.75) is 31.8 Å². The molecule has 5 heteroatoms. The number of aliphatic carboxylic acids is 1. The lowest BCUT2D eigenvalue weighted by Gasteiger charge is -2.13. The zero-order valence-corrected chi connectivity index (χ0v) is 10.3. The van der Waals surface area contributed by atoms with E-state index in [0.717, 1.165) is 5.56 Å². The van der Waals surface area contributed by atoms with Crippen molar-refractivity contribution in [3.63, 3.8) is 0 Å². The summed E-state index contributed by atoms with van der Waals surface area (Å²) in [6, 6.07) is 8.41. The zero-order valence-electron chi connectivity index (χ0n) is 10.3. The third-order valence-corrected chi connectivity index (χ3v) is 2.66. The number of nitrogens with one attached hydrogen (secondary N) is 1. The van der Waals surface area contributed by atoms with Gasteiger partial charge in [-0.15, -0.1) is 0 Å². The van der Waals surface area contributed by atoms with Gasteiger partial charge in [0.2, 0.25) is 5.91 Å². The van der Waals surface area contributed by atoms with E-state index in [1.54, 1.807) is 0 Å². The second-order valence-corrected chi connectivity index (χ2v) is 4.18. The van der Waals surface area contributed by atoms with E-state index in [9.17, 15) is 9.59 Å². The van der Waals surface area contributed by atoms with Crippen LogP contribution < -0.4 is 11.1 Å². The molecular weight excluding hydrogens is 232 g/mol. The van der Waals surface area contributed by atoms with E-state index in [0.29, 0.717) is 6.42 Å². The number of rotatable bonds is 6. The molecule has 2 atom stereocenters. The first-order valence-electron chi connectivity index (χ1n) is 5.83. The maximum absolute atomic E-state index is 11.5. The fraction of sp³-hybridized carbons (Fsp3) is 0.385. The molecule has 0 aromatic heterocycles. The Morgan fingerprint density at radius 3 is 2.50 bits per heavy atom. The number of carbonyl (C=O) groups is 2. The fourth-order valence-corrected chi connectivity index (χ4v) is 1.53. The molecule has 1 amide bonds. The zero-order chi connectivity index (χ0) is 13.5. The summed E-state index contributed by atoms with van der Waals surface area (Å²) in [4.78, 5) is 22.0. The highest BCUT2D eigenvalue weighted by molar-refractivity contribution is 5.83. The van der Waals surface area contributed by atoms with E-state index < -0.39 is 12.0 Å². The van der Waals surface area contributed by atoms with Crippen LogP contribution in [0.3, 0.4) is 0 Å². The van der Waals surface area contributed by atoms with Crippen molar-refractivity contribution in [1.82, 2.24) is 5.32 Å². The van der Waals surface area contributed by atoms with Crippen molar-refractivity contribution >= 4 is 11.9 Å². The summed E-state index contributed by atoms with van der Waals surface area (Å²) in [7, 11) is 0. The molecule has 0 saturated carbocycles. The van der Waals surface area contributed by atoms with Gasteiger partial charge in [0.1, 0.15) is 6.04 Å². The number of amides is 1. The van der Waals surface area contributed by atoms with Crippen LogP contribution in [0.15, 0.2) is 30.3 Å². The van der Waals surface area contributed by atoms with Gasteiger partial charge in [-0.05, 0) is 18.9 Å². The van der Waals surface area contributed by atoms with Crippen LogP contribution in [0.25, 0.3) is 0 Å². The Morgan fingerprint density at radius 2 is 1.94 bits per heavy atom. The quantitative estimate of drug-likeness (QED) is 0.703. The lowest BCUT2D eigenvalue weighted by atomic mass is 10.0. The number of hydrogen-bond acceptors (Lipinski definition) is 3. The predicted molar refractivity (Wildman–Crippen MR) is 67.8 cm³/mol. The van der Waals surface area contributed by atoms with Gasteiger partial charge < -0.3 is 16.2 Å². The lowest BCUT2D eigenvalue weighted by Crippen LogP contribution is -2.38. The summed E-state index contributed by atoms with van der Waals surface area (Å²) in [5.74, 6) is -1.34. The lowest BCUT2D eigenvalue weighted by molar-refractivity contribution is -0.141. The van der Waals surface area contributed by atoms with Crippen LogP contribution in [0, 0.1) is 0 Å². The largest absolute Gasteiger partial charge is 0.480 e. The second-order valence-electron chi connectivity index (χ2n) is 4.18. The molecule has 18 heavy (non-hydrogen) atoms. The van der Waals surface area contributed by atoms with Gasteiger partial charge in [0.25, 0.3) is 0 Å². The monoisotopic (exact) mass is 250 g/mol. The summed E-state index contributed by atoms with van der Waals surface area (Å²) in [5.41, 5.74) is 6.91. The molecule has 0 radical (unpaired) electrons. The Hall–Kier alpha value is -1.88. The Kier molecular flexibility index (Phi) is 5.32. The van der Waals surface area contributed by atoms with Crippen LogP contribution in [-0.2, 0) is 9.59 Å². The molecule has 0 heterocycles. The summed E-state index contributed by atoms with van der Waals surface area (Å²) in [5, 5.41) is 11.0. The average Bonchev–Trinajstić information content (AvgIpc) is 2.36. The topological polar surface area (TPSA) is 92.4 Å². The van der Waals surface area contributed by atoms with Gasteiger partial charge in [-0.2, -0.15) is 0 Å².